The Morgan fingerprint density at radius 3 is 2.41 bits per heavy atom. The topological polar surface area (TPSA) is 29.1 Å². The van der Waals surface area contributed by atoms with E-state index in [0.717, 1.165) is 12.8 Å². The van der Waals surface area contributed by atoms with E-state index in [1.54, 1.807) is 0 Å². The second-order valence-electron chi connectivity index (χ2n) is 4.66. The molecule has 1 amide bonds. The lowest BCUT2D eigenvalue weighted by atomic mass is 9.82. The van der Waals surface area contributed by atoms with Crippen molar-refractivity contribution in [2.24, 2.45) is 0 Å². The van der Waals surface area contributed by atoms with E-state index in [-0.39, 0.29) is 5.91 Å². The van der Waals surface area contributed by atoms with Gasteiger partial charge in [-0.3, -0.25) is 4.79 Å². The number of nitrogens with one attached hydrogen (secondary N) is 1. The molecule has 0 bridgehead atoms. The Hall–Kier alpha value is -0.830. The summed E-state index contributed by atoms with van der Waals surface area (Å²) in [4.78, 5) is 11.3. The number of carbonyl (C=O) groups excluding carboxylic acids is 1. The van der Waals surface area contributed by atoms with Gasteiger partial charge in [0.2, 0.25) is 5.91 Å². The lowest BCUT2D eigenvalue weighted by molar-refractivity contribution is -0.119. The fourth-order valence-corrected chi connectivity index (χ4v) is 2.72. The van der Waals surface area contributed by atoms with E-state index in [0.29, 0.717) is 17.3 Å². The van der Waals surface area contributed by atoms with E-state index in [9.17, 15) is 4.79 Å². The maximum atomic E-state index is 11.3. The van der Waals surface area contributed by atoms with Crippen LogP contribution in [0.25, 0.3) is 0 Å². The molecule has 1 aromatic carbocycles. The Morgan fingerprint density at radius 2 is 1.82 bits per heavy atom. The highest BCUT2D eigenvalue weighted by atomic mass is 79.9. The Balaban J connectivity index is 1.84. The third-order valence-electron chi connectivity index (χ3n) is 3.48. The van der Waals surface area contributed by atoms with Gasteiger partial charge in [-0.25, -0.2) is 0 Å². The fourth-order valence-electron chi connectivity index (χ4n) is 2.56. The third kappa shape index (κ3) is 3.56. The van der Waals surface area contributed by atoms with Crippen LogP contribution >= 0.6 is 15.9 Å². The minimum absolute atomic E-state index is 0.105. The standard InChI is InChI=1S/C14H18BrNO/c15-10-14(17)16-13-8-6-12(7-9-13)11-4-2-1-3-5-11/h1-5,12-13H,6-10H2,(H,16,17). The van der Waals surface area contributed by atoms with Gasteiger partial charge in [0.1, 0.15) is 0 Å². The van der Waals surface area contributed by atoms with Crippen molar-refractivity contribution in [3.63, 3.8) is 0 Å². The zero-order valence-corrected chi connectivity index (χ0v) is 11.4. The van der Waals surface area contributed by atoms with Crippen molar-refractivity contribution >= 4 is 21.8 Å². The number of amides is 1. The monoisotopic (exact) mass is 295 g/mol. The second kappa shape index (κ2) is 6.20. The highest BCUT2D eigenvalue weighted by Gasteiger charge is 2.22. The van der Waals surface area contributed by atoms with Gasteiger partial charge in [-0.1, -0.05) is 46.3 Å². The van der Waals surface area contributed by atoms with Gasteiger partial charge >= 0.3 is 0 Å². The van der Waals surface area contributed by atoms with Crippen LogP contribution in [0.5, 0.6) is 0 Å². The van der Waals surface area contributed by atoms with Crippen molar-refractivity contribution in [1.82, 2.24) is 5.32 Å². The van der Waals surface area contributed by atoms with Gasteiger partial charge in [0, 0.05) is 6.04 Å². The summed E-state index contributed by atoms with van der Waals surface area (Å²) in [6, 6.07) is 11.1. The second-order valence-corrected chi connectivity index (χ2v) is 5.22. The predicted molar refractivity (Wildman–Crippen MR) is 73.4 cm³/mol. The first-order valence-electron chi connectivity index (χ1n) is 6.20. The van der Waals surface area contributed by atoms with Gasteiger partial charge in [-0.2, -0.15) is 0 Å². The highest BCUT2D eigenvalue weighted by Crippen LogP contribution is 2.32. The molecule has 2 nitrogen and oxygen atoms in total. The number of hydrogen-bond donors (Lipinski definition) is 1. The summed E-state index contributed by atoms with van der Waals surface area (Å²) in [6.45, 7) is 0. The molecular weight excluding hydrogens is 278 g/mol. The molecule has 1 aliphatic carbocycles. The van der Waals surface area contributed by atoms with E-state index in [1.165, 1.54) is 18.4 Å². The minimum atomic E-state index is 0.105. The summed E-state index contributed by atoms with van der Waals surface area (Å²) in [5.74, 6) is 0.779. The number of rotatable bonds is 3. The number of halogens is 1. The molecule has 1 fully saturated rings. The van der Waals surface area contributed by atoms with Crippen LogP contribution in [-0.4, -0.2) is 17.3 Å². The summed E-state index contributed by atoms with van der Waals surface area (Å²) in [5.41, 5.74) is 1.44. The Kier molecular flexibility index (Phi) is 4.60. The molecule has 3 heteroatoms. The van der Waals surface area contributed by atoms with Crippen molar-refractivity contribution in [2.75, 3.05) is 5.33 Å². The molecule has 92 valence electrons. The molecule has 17 heavy (non-hydrogen) atoms. The van der Waals surface area contributed by atoms with Crippen molar-refractivity contribution in [3.05, 3.63) is 35.9 Å². The first kappa shape index (κ1) is 12.6. The molecule has 0 aromatic heterocycles. The first-order valence-corrected chi connectivity index (χ1v) is 7.32. The van der Waals surface area contributed by atoms with Crippen molar-refractivity contribution in [2.45, 2.75) is 37.6 Å². The van der Waals surface area contributed by atoms with Gasteiger partial charge in [0.25, 0.3) is 0 Å². The van der Waals surface area contributed by atoms with E-state index in [1.807, 2.05) is 0 Å². The van der Waals surface area contributed by atoms with Crippen LogP contribution in [0.3, 0.4) is 0 Å². The average Bonchev–Trinajstić information content (AvgIpc) is 2.40. The summed E-state index contributed by atoms with van der Waals surface area (Å²) < 4.78 is 0. The number of hydrogen-bond acceptors (Lipinski definition) is 1. The largest absolute Gasteiger partial charge is 0.353 e. The molecule has 1 aromatic rings. The molecule has 0 unspecified atom stereocenters. The number of alkyl halides is 1. The smallest absolute Gasteiger partial charge is 0.230 e. The van der Waals surface area contributed by atoms with Gasteiger partial charge in [0.15, 0.2) is 0 Å². The van der Waals surface area contributed by atoms with Crippen molar-refractivity contribution in [3.8, 4) is 0 Å². The van der Waals surface area contributed by atoms with Crippen molar-refractivity contribution < 1.29 is 4.79 Å². The molecule has 0 radical (unpaired) electrons. The van der Waals surface area contributed by atoms with Crippen LogP contribution in [0.2, 0.25) is 0 Å². The lowest BCUT2D eigenvalue weighted by Gasteiger charge is -2.29. The summed E-state index contributed by atoms with van der Waals surface area (Å²) in [6.07, 6.45) is 4.55. The molecule has 0 spiro atoms. The molecule has 0 atom stereocenters. The lowest BCUT2D eigenvalue weighted by Crippen LogP contribution is -2.37. The molecule has 1 saturated carbocycles. The van der Waals surface area contributed by atoms with Gasteiger partial charge in [0.05, 0.1) is 5.33 Å². The number of benzene rings is 1. The SMILES string of the molecule is O=C(CBr)NC1CCC(c2ccccc2)CC1. The predicted octanol–water partition coefficient (Wildman–Crippen LogP) is 3.22. The number of carbonyl (C=O) groups is 1. The fraction of sp³-hybridized carbons (Fsp3) is 0.500. The Bertz CT molecular complexity index is 358. The van der Waals surface area contributed by atoms with E-state index < -0.39 is 0 Å². The normalized spacial score (nSPS) is 24.3. The highest BCUT2D eigenvalue weighted by molar-refractivity contribution is 9.09. The molecule has 0 saturated heterocycles. The molecule has 2 rings (SSSR count). The molecule has 1 N–H and O–H groups in total. The first-order chi connectivity index (χ1) is 8.29. The maximum Gasteiger partial charge on any atom is 0.230 e. The van der Waals surface area contributed by atoms with Crippen LogP contribution in [0.4, 0.5) is 0 Å². The zero-order chi connectivity index (χ0) is 12.1. The van der Waals surface area contributed by atoms with E-state index in [4.69, 9.17) is 0 Å². The summed E-state index contributed by atoms with van der Waals surface area (Å²) >= 11 is 3.18. The van der Waals surface area contributed by atoms with Crippen LogP contribution < -0.4 is 5.32 Å². The van der Waals surface area contributed by atoms with Gasteiger partial charge < -0.3 is 5.32 Å². The molecule has 0 aliphatic heterocycles. The van der Waals surface area contributed by atoms with Crippen LogP contribution in [-0.2, 0) is 4.79 Å². The van der Waals surface area contributed by atoms with Crippen LogP contribution in [0.1, 0.15) is 37.2 Å². The third-order valence-corrected chi connectivity index (χ3v) is 3.99. The van der Waals surface area contributed by atoms with E-state index in [2.05, 4.69) is 51.6 Å². The minimum Gasteiger partial charge on any atom is -0.353 e. The Morgan fingerprint density at radius 1 is 1.18 bits per heavy atom. The Labute approximate surface area is 111 Å². The molecule has 0 heterocycles. The zero-order valence-electron chi connectivity index (χ0n) is 9.86. The van der Waals surface area contributed by atoms with Crippen LogP contribution in [0.15, 0.2) is 30.3 Å². The van der Waals surface area contributed by atoms with Crippen LogP contribution in [0, 0.1) is 0 Å². The summed E-state index contributed by atoms with van der Waals surface area (Å²) in [5, 5.41) is 3.46. The van der Waals surface area contributed by atoms with Gasteiger partial charge in [-0.15, -0.1) is 0 Å². The van der Waals surface area contributed by atoms with E-state index >= 15 is 0 Å². The van der Waals surface area contributed by atoms with Gasteiger partial charge in [-0.05, 0) is 37.2 Å². The summed E-state index contributed by atoms with van der Waals surface area (Å²) in [7, 11) is 0. The average molecular weight is 296 g/mol. The quantitative estimate of drug-likeness (QED) is 0.853. The maximum absolute atomic E-state index is 11.3. The molecular formula is C14H18BrNO. The van der Waals surface area contributed by atoms with Crippen molar-refractivity contribution in [1.29, 1.82) is 0 Å². The molecule has 1 aliphatic rings.